The molecular formula is C17H18N2O4S2. The highest BCUT2D eigenvalue weighted by atomic mass is 32.2. The van der Waals surface area contributed by atoms with E-state index < -0.39 is 10.0 Å². The maximum Gasteiger partial charge on any atom is 0.285 e. The number of methoxy groups -OCH3 is 1. The van der Waals surface area contributed by atoms with Crippen LogP contribution in [0.2, 0.25) is 0 Å². The fourth-order valence-corrected chi connectivity index (χ4v) is 4.64. The summed E-state index contributed by atoms with van der Waals surface area (Å²) in [6, 6.07) is 11.8. The Kier molecular flexibility index (Phi) is 4.82. The number of ether oxygens (including phenoxy) is 2. The van der Waals surface area contributed by atoms with Crippen LogP contribution in [-0.2, 0) is 17.1 Å². The minimum absolute atomic E-state index is 0.126. The molecule has 3 rings (SSSR count). The van der Waals surface area contributed by atoms with Crippen molar-refractivity contribution in [3.63, 3.8) is 0 Å². The highest BCUT2D eigenvalue weighted by molar-refractivity contribution is 7.90. The molecule has 0 aliphatic rings. The number of hydrogen-bond donors (Lipinski definition) is 0. The van der Waals surface area contributed by atoms with E-state index in [-0.39, 0.29) is 4.90 Å². The minimum Gasteiger partial charge on any atom is -0.497 e. The highest BCUT2D eigenvalue weighted by Crippen LogP contribution is 2.23. The second-order valence-electron chi connectivity index (χ2n) is 5.25. The van der Waals surface area contributed by atoms with Gasteiger partial charge in [0.1, 0.15) is 11.5 Å². The van der Waals surface area contributed by atoms with Gasteiger partial charge < -0.3 is 14.0 Å². The van der Waals surface area contributed by atoms with Gasteiger partial charge in [-0.1, -0.05) is 11.3 Å². The van der Waals surface area contributed by atoms with Crippen molar-refractivity contribution in [2.24, 2.45) is 11.4 Å². The Hall–Kier alpha value is -2.32. The lowest BCUT2D eigenvalue weighted by atomic mass is 10.3. The molecule has 2 aromatic carbocycles. The van der Waals surface area contributed by atoms with Gasteiger partial charge in [0.2, 0.25) is 4.80 Å². The predicted octanol–water partition coefficient (Wildman–Crippen LogP) is 2.94. The first-order chi connectivity index (χ1) is 11.9. The van der Waals surface area contributed by atoms with E-state index in [0.717, 1.165) is 16.0 Å². The summed E-state index contributed by atoms with van der Waals surface area (Å²) in [6.07, 6.45) is 0. The molecule has 0 bridgehead atoms. The lowest BCUT2D eigenvalue weighted by Crippen LogP contribution is -2.13. The van der Waals surface area contributed by atoms with Gasteiger partial charge in [-0.2, -0.15) is 8.42 Å². The van der Waals surface area contributed by atoms with E-state index in [1.54, 1.807) is 23.7 Å². The van der Waals surface area contributed by atoms with Gasteiger partial charge in [-0.3, -0.25) is 0 Å². The van der Waals surface area contributed by atoms with Crippen LogP contribution in [0.25, 0.3) is 10.2 Å². The molecule has 0 spiro atoms. The van der Waals surface area contributed by atoms with Gasteiger partial charge in [0.05, 0.1) is 28.8 Å². The Morgan fingerprint density at radius 2 is 1.80 bits per heavy atom. The molecule has 0 N–H and O–H groups in total. The lowest BCUT2D eigenvalue weighted by molar-refractivity contribution is 0.341. The predicted molar refractivity (Wildman–Crippen MR) is 97.7 cm³/mol. The van der Waals surface area contributed by atoms with E-state index >= 15 is 0 Å². The zero-order valence-corrected chi connectivity index (χ0v) is 15.7. The van der Waals surface area contributed by atoms with E-state index in [1.165, 1.54) is 30.6 Å². The molecular weight excluding hydrogens is 360 g/mol. The Bertz CT molecular complexity index is 1060. The van der Waals surface area contributed by atoms with Crippen molar-refractivity contribution in [2.45, 2.75) is 11.8 Å². The maximum atomic E-state index is 12.6. The molecule has 1 aromatic heterocycles. The molecule has 6 nitrogen and oxygen atoms in total. The van der Waals surface area contributed by atoms with E-state index in [4.69, 9.17) is 9.47 Å². The molecule has 0 atom stereocenters. The highest BCUT2D eigenvalue weighted by Gasteiger charge is 2.14. The average molecular weight is 378 g/mol. The maximum absolute atomic E-state index is 12.6. The van der Waals surface area contributed by atoms with Gasteiger partial charge in [-0.05, 0) is 49.4 Å². The molecule has 0 amide bonds. The summed E-state index contributed by atoms with van der Waals surface area (Å²) in [6.45, 7) is 2.49. The molecule has 132 valence electrons. The van der Waals surface area contributed by atoms with Gasteiger partial charge in [-0.25, -0.2) is 0 Å². The fourth-order valence-electron chi connectivity index (χ4n) is 2.36. The first kappa shape index (κ1) is 17.5. The third-order valence-electron chi connectivity index (χ3n) is 3.65. The van der Waals surface area contributed by atoms with Crippen LogP contribution in [0.4, 0.5) is 0 Å². The SMILES string of the molecule is CCOc1ccc2c(c1)sc(=NS(=O)(=O)c1ccc(OC)cc1)n2C. The minimum atomic E-state index is -3.80. The van der Waals surface area contributed by atoms with Crippen molar-refractivity contribution in [3.05, 3.63) is 47.3 Å². The van der Waals surface area contributed by atoms with Gasteiger partial charge in [0.15, 0.2) is 0 Å². The topological polar surface area (TPSA) is 69.9 Å². The molecule has 8 heteroatoms. The van der Waals surface area contributed by atoms with Crippen LogP contribution in [-0.4, -0.2) is 26.7 Å². The number of hydrogen-bond acceptors (Lipinski definition) is 5. The fraction of sp³-hybridized carbons (Fsp3) is 0.235. The second kappa shape index (κ2) is 6.89. The standard InChI is InChI=1S/C17H18N2O4S2/c1-4-23-13-7-10-15-16(11-13)24-17(19(15)2)18-25(20,21)14-8-5-12(22-3)6-9-14/h5-11H,4H2,1-3H3. The van der Waals surface area contributed by atoms with Crippen LogP contribution in [0.3, 0.4) is 0 Å². The van der Waals surface area contributed by atoms with Crippen LogP contribution in [0.15, 0.2) is 51.8 Å². The van der Waals surface area contributed by atoms with Crippen molar-refractivity contribution in [3.8, 4) is 11.5 Å². The zero-order valence-electron chi connectivity index (χ0n) is 14.1. The molecule has 0 aliphatic heterocycles. The normalized spacial score (nSPS) is 12.5. The van der Waals surface area contributed by atoms with Crippen molar-refractivity contribution in [1.29, 1.82) is 0 Å². The molecule has 0 saturated heterocycles. The quantitative estimate of drug-likeness (QED) is 0.684. The lowest BCUT2D eigenvalue weighted by Gasteiger charge is -2.02. The van der Waals surface area contributed by atoms with Crippen molar-refractivity contribution < 1.29 is 17.9 Å². The summed E-state index contributed by atoms with van der Waals surface area (Å²) < 4.78 is 42.3. The third kappa shape index (κ3) is 3.54. The monoisotopic (exact) mass is 378 g/mol. The van der Waals surface area contributed by atoms with Crippen molar-refractivity contribution in [2.75, 3.05) is 13.7 Å². The first-order valence-corrected chi connectivity index (χ1v) is 9.87. The summed E-state index contributed by atoms with van der Waals surface area (Å²) in [7, 11) is -0.478. The number of nitrogens with zero attached hydrogens (tertiary/aromatic N) is 2. The second-order valence-corrected chi connectivity index (χ2v) is 7.86. The Morgan fingerprint density at radius 1 is 1.12 bits per heavy atom. The number of aromatic nitrogens is 1. The van der Waals surface area contributed by atoms with E-state index in [0.29, 0.717) is 17.2 Å². The summed E-state index contributed by atoms with van der Waals surface area (Å²) in [4.78, 5) is 0.528. The van der Waals surface area contributed by atoms with E-state index in [2.05, 4.69) is 4.40 Å². The number of thiazole rings is 1. The van der Waals surface area contributed by atoms with Crippen LogP contribution in [0.1, 0.15) is 6.92 Å². The number of benzene rings is 2. The van der Waals surface area contributed by atoms with Crippen molar-refractivity contribution >= 4 is 31.6 Å². The molecule has 0 radical (unpaired) electrons. The molecule has 25 heavy (non-hydrogen) atoms. The van der Waals surface area contributed by atoms with E-state index in [9.17, 15) is 8.42 Å². The number of sulfonamides is 1. The Labute approximate surface area is 150 Å². The number of aryl methyl sites for hydroxylation is 1. The molecule has 1 heterocycles. The van der Waals surface area contributed by atoms with E-state index in [1.807, 2.05) is 25.1 Å². The van der Waals surface area contributed by atoms with Gasteiger partial charge in [0.25, 0.3) is 10.0 Å². The zero-order chi connectivity index (χ0) is 18.0. The molecule has 0 fully saturated rings. The smallest absolute Gasteiger partial charge is 0.285 e. The summed E-state index contributed by atoms with van der Waals surface area (Å²) in [5.41, 5.74) is 0.900. The van der Waals surface area contributed by atoms with Gasteiger partial charge in [-0.15, -0.1) is 4.40 Å². The molecule has 0 aliphatic carbocycles. The molecule has 0 unspecified atom stereocenters. The Morgan fingerprint density at radius 3 is 2.44 bits per heavy atom. The Balaban J connectivity index is 2.08. The summed E-state index contributed by atoms with van der Waals surface area (Å²) in [5.74, 6) is 1.34. The summed E-state index contributed by atoms with van der Waals surface area (Å²) >= 11 is 1.31. The van der Waals surface area contributed by atoms with Crippen LogP contribution in [0.5, 0.6) is 11.5 Å². The van der Waals surface area contributed by atoms with Crippen molar-refractivity contribution in [1.82, 2.24) is 4.57 Å². The summed E-state index contributed by atoms with van der Waals surface area (Å²) in [5, 5.41) is 0. The molecule has 3 aromatic rings. The number of fused-ring (bicyclic) bond motifs is 1. The van der Waals surface area contributed by atoms with Gasteiger partial charge >= 0.3 is 0 Å². The van der Waals surface area contributed by atoms with Gasteiger partial charge in [0, 0.05) is 7.05 Å². The van der Waals surface area contributed by atoms with Crippen LogP contribution < -0.4 is 14.3 Å². The average Bonchev–Trinajstić information content (AvgIpc) is 2.90. The number of rotatable bonds is 5. The van der Waals surface area contributed by atoms with Crippen LogP contribution >= 0.6 is 11.3 Å². The largest absolute Gasteiger partial charge is 0.497 e. The first-order valence-electron chi connectivity index (χ1n) is 7.62. The van der Waals surface area contributed by atoms with Crippen LogP contribution in [0, 0.1) is 0 Å². The molecule has 0 saturated carbocycles. The third-order valence-corrected chi connectivity index (χ3v) is 6.14.